The molecule has 0 aliphatic rings. The van der Waals surface area contributed by atoms with Crippen LogP contribution in [-0.2, 0) is 9.84 Å². The molecular formula is C16H20N2O2S. The largest absolute Gasteiger partial charge is 0.377 e. The molecule has 1 atom stereocenters. The van der Waals surface area contributed by atoms with E-state index in [4.69, 9.17) is 0 Å². The van der Waals surface area contributed by atoms with E-state index in [1.54, 1.807) is 30.6 Å². The number of anilines is 1. The topological polar surface area (TPSA) is 59.1 Å². The smallest absolute Gasteiger partial charge is 0.180 e. The maximum absolute atomic E-state index is 12.3. The summed E-state index contributed by atoms with van der Waals surface area (Å²) < 4.78 is 24.6. The summed E-state index contributed by atoms with van der Waals surface area (Å²) in [5, 5.41) is 3.28. The number of aromatic nitrogens is 1. The predicted octanol–water partition coefficient (Wildman–Crippen LogP) is 3.44. The Balaban J connectivity index is 2.29. The molecule has 1 heterocycles. The Morgan fingerprint density at radius 2 is 1.81 bits per heavy atom. The van der Waals surface area contributed by atoms with Gasteiger partial charge < -0.3 is 5.32 Å². The fourth-order valence-corrected chi connectivity index (χ4v) is 3.71. The summed E-state index contributed by atoms with van der Waals surface area (Å²) >= 11 is 0. The number of sulfone groups is 1. The van der Waals surface area contributed by atoms with Crippen molar-refractivity contribution in [1.29, 1.82) is 0 Å². The van der Waals surface area contributed by atoms with Gasteiger partial charge in [0.2, 0.25) is 0 Å². The van der Waals surface area contributed by atoms with Gasteiger partial charge in [-0.25, -0.2) is 8.42 Å². The standard InChI is InChI=1S/C16H20N2O2S/c1-3-12-21(19,20)16-7-5-4-6-15(16)18-13(2)14-8-10-17-11-9-14/h4-11,13,18H,3,12H2,1-2H3. The summed E-state index contributed by atoms with van der Waals surface area (Å²) in [5.74, 6) is 0.162. The molecule has 5 heteroatoms. The number of hydrogen-bond donors (Lipinski definition) is 1. The molecule has 0 aliphatic heterocycles. The van der Waals surface area contributed by atoms with E-state index >= 15 is 0 Å². The molecule has 0 saturated heterocycles. The Hall–Kier alpha value is -1.88. The van der Waals surface area contributed by atoms with Crippen molar-refractivity contribution in [3.63, 3.8) is 0 Å². The highest BCUT2D eigenvalue weighted by Gasteiger charge is 2.18. The van der Waals surface area contributed by atoms with Gasteiger partial charge in [-0.3, -0.25) is 4.98 Å². The van der Waals surface area contributed by atoms with Crippen molar-refractivity contribution in [2.24, 2.45) is 0 Å². The third-order valence-corrected chi connectivity index (χ3v) is 5.24. The van der Waals surface area contributed by atoms with Crippen molar-refractivity contribution in [3.05, 3.63) is 54.4 Å². The van der Waals surface area contributed by atoms with E-state index in [1.165, 1.54) is 0 Å². The highest BCUT2D eigenvalue weighted by molar-refractivity contribution is 7.91. The lowest BCUT2D eigenvalue weighted by atomic mass is 10.1. The van der Waals surface area contributed by atoms with Gasteiger partial charge in [0.05, 0.1) is 16.3 Å². The van der Waals surface area contributed by atoms with Crippen LogP contribution < -0.4 is 5.32 Å². The van der Waals surface area contributed by atoms with Crippen LogP contribution in [0.25, 0.3) is 0 Å². The quantitative estimate of drug-likeness (QED) is 0.888. The molecule has 0 spiro atoms. The van der Waals surface area contributed by atoms with Crippen LogP contribution in [0.4, 0.5) is 5.69 Å². The van der Waals surface area contributed by atoms with Crippen molar-refractivity contribution in [3.8, 4) is 0 Å². The molecule has 1 N–H and O–H groups in total. The number of para-hydroxylation sites is 1. The highest BCUT2D eigenvalue weighted by atomic mass is 32.2. The van der Waals surface area contributed by atoms with Gasteiger partial charge in [0, 0.05) is 18.4 Å². The highest BCUT2D eigenvalue weighted by Crippen LogP contribution is 2.26. The molecule has 4 nitrogen and oxygen atoms in total. The Labute approximate surface area is 126 Å². The van der Waals surface area contributed by atoms with Crippen LogP contribution in [-0.4, -0.2) is 19.2 Å². The summed E-state index contributed by atoms with van der Waals surface area (Å²) in [4.78, 5) is 4.36. The van der Waals surface area contributed by atoms with E-state index in [9.17, 15) is 8.42 Å². The maximum atomic E-state index is 12.3. The number of pyridine rings is 1. The minimum Gasteiger partial charge on any atom is -0.377 e. The monoisotopic (exact) mass is 304 g/mol. The first kappa shape index (κ1) is 15.5. The average molecular weight is 304 g/mol. The average Bonchev–Trinajstić information content (AvgIpc) is 2.48. The van der Waals surface area contributed by atoms with Crippen molar-refractivity contribution in [1.82, 2.24) is 4.98 Å². The van der Waals surface area contributed by atoms with Gasteiger partial charge >= 0.3 is 0 Å². The van der Waals surface area contributed by atoms with E-state index in [2.05, 4.69) is 10.3 Å². The lowest BCUT2D eigenvalue weighted by Gasteiger charge is -2.18. The molecular weight excluding hydrogens is 284 g/mol. The summed E-state index contributed by atoms with van der Waals surface area (Å²) in [6, 6.07) is 10.9. The van der Waals surface area contributed by atoms with Crippen molar-refractivity contribution < 1.29 is 8.42 Å². The minimum atomic E-state index is -3.24. The fraction of sp³-hybridized carbons (Fsp3) is 0.312. The summed E-state index contributed by atoms with van der Waals surface area (Å²) in [6.45, 7) is 3.87. The van der Waals surface area contributed by atoms with Gasteiger partial charge in [0.15, 0.2) is 9.84 Å². The van der Waals surface area contributed by atoms with Crippen LogP contribution in [0.15, 0.2) is 53.7 Å². The molecule has 1 aromatic carbocycles. The van der Waals surface area contributed by atoms with Crippen LogP contribution in [0.5, 0.6) is 0 Å². The summed E-state index contributed by atoms with van der Waals surface area (Å²) in [5.41, 5.74) is 1.71. The molecule has 0 saturated carbocycles. The zero-order valence-electron chi connectivity index (χ0n) is 12.3. The maximum Gasteiger partial charge on any atom is 0.180 e. The molecule has 0 radical (unpaired) electrons. The van der Waals surface area contributed by atoms with Gasteiger partial charge in [-0.15, -0.1) is 0 Å². The molecule has 1 aromatic heterocycles. The van der Waals surface area contributed by atoms with Gasteiger partial charge in [-0.05, 0) is 43.2 Å². The number of benzene rings is 1. The molecule has 21 heavy (non-hydrogen) atoms. The second-order valence-electron chi connectivity index (χ2n) is 4.96. The van der Waals surface area contributed by atoms with Crippen LogP contribution in [0, 0.1) is 0 Å². The lowest BCUT2D eigenvalue weighted by Crippen LogP contribution is -2.12. The van der Waals surface area contributed by atoms with Crippen LogP contribution in [0.2, 0.25) is 0 Å². The van der Waals surface area contributed by atoms with Crippen molar-refractivity contribution in [2.45, 2.75) is 31.2 Å². The Morgan fingerprint density at radius 1 is 1.14 bits per heavy atom. The SMILES string of the molecule is CCCS(=O)(=O)c1ccccc1NC(C)c1ccncc1. The van der Waals surface area contributed by atoms with Crippen molar-refractivity contribution in [2.75, 3.05) is 11.1 Å². The first-order valence-corrected chi connectivity index (χ1v) is 8.68. The molecule has 1 unspecified atom stereocenters. The second kappa shape index (κ2) is 6.72. The van der Waals surface area contributed by atoms with Crippen LogP contribution in [0.1, 0.15) is 31.9 Å². The van der Waals surface area contributed by atoms with E-state index in [0.717, 1.165) is 5.56 Å². The van der Waals surface area contributed by atoms with E-state index in [0.29, 0.717) is 17.0 Å². The second-order valence-corrected chi connectivity index (χ2v) is 7.04. The van der Waals surface area contributed by atoms with Crippen LogP contribution >= 0.6 is 0 Å². The zero-order chi connectivity index (χ0) is 15.3. The van der Waals surface area contributed by atoms with E-state index in [1.807, 2.05) is 32.0 Å². The number of rotatable bonds is 6. The van der Waals surface area contributed by atoms with Gasteiger partial charge in [0.1, 0.15) is 0 Å². The van der Waals surface area contributed by atoms with E-state index < -0.39 is 9.84 Å². The number of hydrogen-bond acceptors (Lipinski definition) is 4. The van der Waals surface area contributed by atoms with Gasteiger partial charge in [0.25, 0.3) is 0 Å². The number of nitrogens with one attached hydrogen (secondary N) is 1. The predicted molar refractivity (Wildman–Crippen MR) is 85.1 cm³/mol. The first-order valence-electron chi connectivity index (χ1n) is 7.03. The molecule has 0 amide bonds. The first-order chi connectivity index (χ1) is 10.0. The Kier molecular flexibility index (Phi) is 4.96. The third kappa shape index (κ3) is 3.82. The summed E-state index contributed by atoms with van der Waals surface area (Å²) in [7, 11) is -3.24. The molecule has 0 aliphatic carbocycles. The van der Waals surface area contributed by atoms with E-state index in [-0.39, 0.29) is 11.8 Å². The Morgan fingerprint density at radius 3 is 2.48 bits per heavy atom. The lowest BCUT2D eigenvalue weighted by molar-refractivity contribution is 0.595. The fourth-order valence-electron chi connectivity index (χ4n) is 2.20. The van der Waals surface area contributed by atoms with Crippen molar-refractivity contribution >= 4 is 15.5 Å². The molecule has 0 fully saturated rings. The summed E-state index contributed by atoms with van der Waals surface area (Å²) in [6.07, 6.45) is 4.07. The number of nitrogens with zero attached hydrogens (tertiary/aromatic N) is 1. The van der Waals surface area contributed by atoms with Crippen LogP contribution in [0.3, 0.4) is 0 Å². The third-order valence-electron chi connectivity index (χ3n) is 3.27. The normalized spacial score (nSPS) is 12.9. The molecule has 2 rings (SSSR count). The van der Waals surface area contributed by atoms with Gasteiger partial charge in [-0.2, -0.15) is 0 Å². The minimum absolute atomic E-state index is 0.00553. The zero-order valence-corrected chi connectivity index (χ0v) is 13.1. The molecule has 2 aromatic rings. The van der Waals surface area contributed by atoms with Gasteiger partial charge in [-0.1, -0.05) is 19.1 Å². The Bertz CT molecular complexity index is 684. The molecule has 112 valence electrons. The molecule has 0 bridgehead atoms.